The second-order valence-corrected chi connectivity index (χ2v) is 5.95. The third-order valence-electron chi connectivity index (χ3n) is 3.92. The second kappa shape index (κ2) is 9.16. The molecule has 1 aromatic carbocycles. The molecule has 1 heterocycles. The van der Waals surface area contributed by atoms with Gasteiger partial charge in [0.1, 0.15) is 0 Å². The molecule has 1 aliphatic heterocycles. The highest BCUT2D eigenvalue weighted by Gasteiger charge is 2.20. The molecular weight excluding hydrogens is 332 g/mol. The molecular formula is C20H23ClN4. The zero-order valence-electron chi connectivity index (χ0n) is 14.4. The Balaban J connectivity index is 2.28. The molecule has 1 aliphatic rings. The van der Waals surface area contributed by atoms with Gasteiger partial charge in [0.25, 0.3) is 0 Å². The molecule has 0 fully saturated rings. The van der Waals surface area contributed by atoms with Crippen LogP contribution in [-0.4, -0.2) is 24.0 Å². The van der Waals surface area contributed by atoms with E-state index in [1.54, 1.807) is 12.3 Å². The Labute approximate surface area is 154 Å². The molecule has 0 aromatic heterocycles. The predicted octanol–water partition coefficient (Wildman–Crippen LogP) is 4.63. The minimum Gasteiger partial charge on any atom is -0.341 e. The average Bonchev–Trinajstić information content (AvgIpc) is 2.60. The van der Waals surface area contributed by atoms with E-state index in [0.29, 0.717) is 0 Å². The highest BCUT2D eigenvalue weighted by Crippen LogP contribution is 2.32. The van der Waals surface area contributed by atoms with Gasteiger partial charge < -0.3 is 10.6 Å². The monoisotopic (exact) mass is 354 g/mol. The molecule has 130 valence electrons. The Morgan fingerprint density at radius 2 is 2.24 bits per heavy atom. The zero-order chi connectivity index (χ0) is 18.2. The van der Waals surface area contributed by atoms with Gasteiger partial charge in [-0.2, -0.15) is 0 Å². The van der Waals surface area contributed by atoms with Crippen LogP contribution >= 0.6 is 11.6 Å². The summed E-state index contributed by atoms with van der Waals surface area (Å²) in [4.78, 5) is 10.2. The van der Waals surface area contributed by atoms with Crippen molar-refractivity contribution in [2.24, 2.45) is 15.7 Å². The van der Waals surface area contributed by atoms with Crippen LogP contribution in [0.25, 0.3) is 0 Å². The Morgan fingerprint density at radius 1 is 1.44 bits per heavy atom. The SMILES string of the molecule is C=N/C=C\C(=N/CN)C1=CC(=C)N(C(CC)c2cccc(Cl)c2)C=C1. The summed E-state index contributed by atoms with van der Waals surface area (Å²) in [6, 6.07) is 8.10. The summed E-state index contributed by atoms with van der Waals surface area (Å²) >= 11 is 6.15. The standard InChI is InChI=1S/C20H23ClN4/c1-4-20(17-6-5-7-18(21)13-17)25-11-9-16(12-15(25)2)19(24-14-22)8-10-23-3/h5-13,20H,2-4,14,22H2,1H3/b10-8-,24-19+. The predicted molar refractivity (Wildman–Crippen MR) is 108 cm³/mol. The van der Waals surface area contributed by atoms with Crippen LogP contribution in [0.1, 0.15) is 24.9 Å². The van der Waals surface area contributed by atoms with E-state index in [0.717, 1.165) is 34.0 Å². The van der Waals surface area contributed by atoms with E-state index in [1.807, 2.05) is 36.6 Å². The number of aliphatic imine (C=N–C) groups is 2. The lowest BCUT2D eigenvalue weighted by molar-refractivity contribution is 0.344. The molecule has 4 nitrogen and oxygen atoms in total. The first kappa shape index (κ1) is 18.9. The van der Waals surface area contributed by atoms with Gasteiger partial charge in [0.15, 0.2) is 0 Å². The number of halogens is 1. The Hall–Kier alpha value is -2.43. The minimum atomic E-state index is 0.167. The summed E-state index contributed by atoms with van der Waals surface area (Å²) in [5, 5.41) is 0.734. The molecule has 5 heteroatoms. The molecule has 0 amide bonds. The lowest BCUT2D eigenvalue weighted by Crippen LogP contribution is -2.24. The largest absolute Gasteiger partial charge is 0.341 e. The van der Waals surface area contributed by atoms with Crippen LogP contribution in [0.3, 0.4) is 0 Å². The van der Waals surface area contributed by atoms with E-state index in [2.05, 4.69) is 41.2 Å². The van der Waals surface area contributed by atoms with Crippen LogP contribution < -0.4 is 5.73 Å². The van der Waals surface area contributed by atoms with E-state index in [9.17, 15) is 0 Å². The summed E-state index contributed by atoms with van der Waals surface area (Å²) < 4.78 is 0. The van der Waals surface area contributed by atoms with Gasteiger partial charge in [-0.1, -0.05) is 37.2 Å². The maximum atomic E-state index is 6.15. The molecule has 0 saturated heterocycles. The first-order valence-corrected chi connectivity index (χ1v) is 8.48. The number of rotatable bonds is 7. The number of nitrogens with zero attached hydrogens (tertiary/aromatic N) is 3. The molecule has 0 bridgehead atoms. The van der Waals surface area contributed by atoms with E-state index in [1.165, 1.54) is 0 Å². The van der Waals surface area contributed by atoms with Crippen LogP contribution in [-0.2, 0) is 0 Å². The van der Waals surface area contributed by atoms with E-state index in [4.69, 9.17) is 17.3 Å². The fourth-order valence-corrected chi connectivity index (χ4v) is 2.99. The minimum absolute atomic E-state index is 0.167. The molecule has 1 aromatic rings. The zero-order valence-corrected chi connectivity index (χ0v) is 15.2. The molecule has 0 spiro atoms. The molecule has 1 unspecified atom stereocenters. The van der Waals surface area contributed by atoms with Gasteiger partial charge in [0.05, 0.1) is 18.4 Å². The van der Waals surface area contributed by atoms with Gasteiger partial charge in [-0.15, -0.1) is 0 Å². The number of allylic oxidation sites excluding steroid dienone is 4. The Bertz CT molecular complexity index is 759. The quantitative estimate of drug-likeness (QED) is 0.725. The van der Waals surface area contributed by atoms with Crippen LogP contribution in [0.5, 0.6) is 0 Å². The molecule has 1 atom stereocenters. The van der Waals surface area contributed by atoms with Crippen molar-refractivity contribution >= 4 is 24.0 Å². The van der Waals surface area contributed by atoms with Crippen molar-refractivity contribution < 1.29 is 0 Å². The fourth-order valence-electron chi connectivity index (χ4n) is 2.79. The molecule has 2 N–H and O–H groups in total. The fraction of sp³-hybridized carbons (Fsp3) is 0.200. The Morgan fingerprint density at radius 3 is 2.84 bits per heavy atom. The molecule has 0 aliphatic carbocycles. The number of hydrogen-bond acceptors (Lipinski definition) is 4. The summed E-state index contributed by atoms with van der Waals surface area (Å²) in [5.41, 5.74) is 9.30. The normalized spacial score (nSPS) is 16.3. The van der Waals surface area contributed by atoms with Gasteiger partial charge in [0, 0.05) is 28.7 Å². The second-order valence-electron chi connectivity index (χ2n) is 5.52. The topological polar surface area (TPSA) is 54.0 Å². The van der Waals surface area contributed by atoms with E-state index >= 15 is 0 Å². The summed E-state index contributed by atoms with van der Waals surface area (Å²) in [6.07, 6.45) is 10.3. The highest BCUT2D eigenvalue weighted by atomic mass is 35.5. The highest BCUT2D eigenvalue weighted by molar-refractivity contribution is 6.30. The van der Waals surface area contributed by atoms with Crippen molar-refractivity contribution in [2.45, 2.75) is 19.4 Å². The smallest absolute Gasteiger partial charge is 0.0866 e. The lowest BCUT2D eigenvalue weighted by Gasteiger charge is -2.33. The van der Waals surface area contributed by atoms with Crippen LogP contribution in [0.4, 0.5) is 0 Å². The maximum Gasteiger partial charge on any atom is 0.0866 e. The first-order valence-electron chi connectivity index (χ1n) is 8.10. The summed E-state index contributed by atoms with van der Waals surface area (Å²) in [6.45, 7) is 10.00. The summed E-state index contributed by atoms with van der Waals surface area (Å²) in [5.74, 6) is 0. The van der Waals surface area contributed by atoms with Gasteiger partial charge >= 0.3 is 0 Å². The Kier molecular flexibility index (Phi) is 6.92. The van der Waals surface area contributed by atoms with Gasteiger partial charge in [-0.25, -0.2) is 0 Å². The van der Waals surface area contributed by atoms with Crippen LogP contribution in [0.15, 0.2) is 82.7 Å². The maximum absolute atomic E-state index is 6.15. The van der Waals surface area contributed by atoms with Crippen molar-refractivity contribution in [3.05, 3.63) is 83.3 Å². The van der Waals surface area contributed by atoms with Gasteiger partial charge in [0.2, 0.25) is 0 Å². The van der Waals surface area contributed by atoms with Crippen LogP contribution in [0.2, 0.25) is 5.02 Å². The number of nitrogens with two attached hydrogens (primary N) is 1. The van der Waals surface area contributed by atoms with Crippen molar-refractivity contribution in [3.8, 4) is 0 Å². The third kappa shape index (κ3) is 4.78. The van der Waals surface area contributed by atoms with Crippen LogP contribution in [0, 0.1) is 0 Å². The van der Waals surface area contributed by atoms with Crippen molar-refractivity contribution in [2.75, 3.05) is 6.67 Å². The lowest BCUT2D eigenvalue weighted by atomic mass is 9.99. The molecule has 0 radical (unpaired) electrons. The molecule has 2 rings (SSSR count). The van der Waals surface area contributed by atoms with Crippen molar-refractivity contribution in [3.63, 3.8) is 0 Å². The summed E-state index contributed by atoms with van der Waals surface area (Å²) in [7, 11) is 0. The van der Waals surface area contributed by atoms with E-state index < -0.39 is 0 Å². The first-order chi connectivity index (χ1) is 12.1. The number of hydrogen-bond donors (Lipinski definition) is 1. The van der Waals surface area contributed by atoms with Crippen molar-refractivity contribution in [1.29, 1.82) is 0 Å². The molecule has 0 saturated carbocycles. The van der Waals surface area contributed by atoms with E-state index in [-0.39, 0.29) is 12.7 Å². The van der Waals surface area contributed by atoms with Crippen molar-refractivity contribution in [1.82, 2.24) is 4.90 Å². The van der Waals surface area contributed by atoms with Gasteiger partial charge in [-0.3, -0.25) is 9.98 Å². The third-order valence-corrected chi connectivity index (χ3v) is 4.15. The molecule has 25 heavy (non-hydrogen) atoms. The number of benzene rings is 1. The average molecular weight is 355 g/mol. The van der Waals surface area contributed by atoms with Gasteiger partial charge in [-0.05, 0) is 49.1 Å².